The van der Waals surface area contributed by atoms with E-state index in [1.807, 2.05) is 23.0 Å². The van der Waals surface area contributed by atoms with Gasteiger partial charge in [0, 0.05) is 6.20 Å². The van der Waals surface area contributed by atoms with E-state index in [1.165, 1.54) is 0 Å². The van der Waals surface area contributed by atoms with Gasteiger partial charge >= 0.3 is 7.05 Å². The highest BCUT2D eigenvalue weighted by atomic mass is 16.3. The molecule has 2 heterocycles. The minimum absolute atomic E-state index is 0.437. The van der Waals surface area contributed by atoms with Gasteiger partial charge in [0.05, 0.1) is 5.69 Å². The van der Waals surface area contributed by atoms with Crippen LogP contribution in [0.4, 0.5) is 0 Å². The Bertz CT molecular complexity index is 337. The number of nitrogens with zero attached hydrogens (tertiary/aromatic N) is 2. The van der Waals surface area contributed by atoms with Crippen LogP contribution < -0.4 is 0 Å². The minimum atomic E-state index is -0.827. The fraction of sp³-hybridized carbons (Fsp3) is 0.545. The molecular weight excluding hydrogens is 203 g/mol. The van der Waals surface area contributed by atoms with Crippen molar-refractivity contribution in [2.24, 2.45) is 0 Å². The van der Waals surface area contributed by atoms with Crippen LogP contribution in [0.2, 0.25) is 6.82 Å². The molecule has 5 heteroatoms. The number of hydrogen-bond acceptors (Lipinski definition) is 4. The molecule has 1 aliphatic rings. The summed E-state index contributed by atoms with van der Waals surface area (Å²) < 4.78 is 0. The van der Waals surface area contributed by atoms with E-state index >= 15 is 0 Å². The normalized spacial score (nSPS) is 20.7. The third-order valence-corrected chi connectivity index (χ3v) is 3.30. The molecule has 1 aromatic heterocycles. The first kappa shape index (κ1) is 11.6. The number of rotatable bonds is 2. The highest BCUT2D eigenvalue weighted by Crippen LogP contribution is 2.31. The summed E-state index contributed by atoms with van der Waals surface area (Å²) in [6.07, 6.45) is 2.94. The van der Waals surface area contributed by atoms with E-state index in [0.29, 0.717) is 25.9 Å². The van der Waals surface area contributed by atoms with Crippen molar-refractivity contribution in [2.75, 3.05) is 13.1 Å². The van der Waals surface area contributed by atoms with Gasteiger partial charge in [0.15, 0.2) is 0 Å². The molecule has 1 saturated heterocycles. The number of piperidine rings is 1. The van der Waals surface area contributed by atoms with Crippen LogP contribution in [0, 0.1) is 0 Å². The van der Waals surface area contributed by atoms with E-state index < -0.39 is 12.7 Å². The van der Waals surface area contributed by atoms with Crippen LogP contribution in [0.15, 0.2) is 24.4 Å². The molecule has 2 N–H and O–H groups in total. The second kappa shape index (κ2) is 4.53. The molecule has 4 nitrogen and oxygen atoms in total. The summed E-state index contributed by atoms with van der Waals surface area (Å²) in [5, 5.41) is 19.9. The molecule has 0 aliphatic carbocycles. The Kier molecular flexibility index (Phi) is 3.28. The molecule has 2 rings (SSSR count). The minimum Gasteiger partial charge on any atom is -0.437 e. The molecule has 1 aliphatic heterocycles. The summed E-state index contributed by atoms with van der Waals surface area (Å²) in [6.45, 7) is 3.15. The van der Waals surface area contributed by atoms with Gasteiger partial charge in [-0.2, -0.15) is 0 Å². The van der Waals surface area contributed by atoms with Crippen LogP contribution in [0.3, 0.4) is 0 Å². The number of aliphatic hydroxyl groups is 1. The highest BCUT2D eigenvalue weighted by molar-refractivity contribution is 6.45. The number of aromatic nitrogens is 1. The Morgan fingerprint density at radius 2 is 2.06 bits per heavy atom. The molecule has 1 fully saturated rings. The van der Waals surface area contributed by atoms with Crippen molar-refractivity contribution in [1.29, 1.82) is 0 Å². The summed E-state index contributed by atoms with van der Waals surface area (Å²) in [5.41, 5.74) is -0.0904. The summed E-state index contributed by atoms with van der Waals surface area (Å²) in [4.78, 5) is 6.17. The summed E-state index contributed by atoms with van der Waals surface area (Å²) in [6, 6.07) is 5.59. The summed E-state index contributed by atoms with van der Waals surface area (Å²) in [7, 11) is -0.437. The Labute approximate surface area is 96.1 Å². The lowest BCUT2D eigenvalue weighted by molar-refractivity contribution is -0.0164. The van der Waals surface area contributed by atoms with Crippen LogP contribution in [0.25, 0.3) is 0 Å². The van der Waals surface area contributed by atoms with Crippen LogP contribution in [0.5, 0.6) is 0 Å². The lowest BCUT2D eigenvalue weighted by atomic mass is 9.78. The van der Waals surface area contributed by atoms with Gasteiger partial charge in [-0.05, 0) is 44.9 Å². The Morgan fingerprint density at radius 3 is 2.56 bits per heavy atom. The van der Waals surface area contributed by atoms with Gasteiger partial charge < -0.3 is 14.9 Å². The second-order valence-electron chi connectivity index (χ2n) is 4.41. The lowest BCUT2D eigenvalue weighted by Gasteiger charge is -2.38. The molecule has 0 saturated carbocycles. The second-order valence-corrected chi connectivity index (χ2v) is 4.41. The van der Waals surface area contributed by atoms with Crippen molar-refractivity contribution in [2.45, 2.75) is 25.3 Å². The standard InChI is InChI=1S/C11H17BN2O2/c1-12(16)14-8-5-11(15,6-9-14)10-4-2-3-7-13-10/h2-4,7,15-16H,5-6,8-9H2,1H3. The first-order chi connectivity index (χ1) is 7.62. The van der Waals surface area contributed by atoms with Crippen LogP contribution in [-0.4, -0.2) is 40.1 Å². The zero-order valence-corrected chi connectivity index (χ0v) is 9.50. The SMILES string of the molecule is CB(O)N1CCC(O)(c2ccccn2)CC1. The van der Waals surface area contributed by atoms with Crippen molar-refractivity contribution in [1.82, 2.24) is 9.79 Å². The van der Waals surface area contributed by atoms with Gasteiger partial charge in [0.25, 0.3) is 0 Å². The molecule has 0 amide bonds. The van der Waals surface area contributed by atoms with E-state index in [0.717, 1.165) is 5.69 Å². The monoisotopic (exact) mass is 220 g/mol. The van der Waals surface area contributed by atoms with E-state index in [1.54, 1.807) is 13.0 Å². The van der Waals surface area contributed by atoms with Gasteiger partial charge in [-0.3, -0.25) is 4.98 Å². The molecule has 86 valence electrons. The third-order valence-electron chi connectivity index (χ3n) is 3.30. The van der Waals surface area contributed by atoms with Crippen LogP contribution >= 0.6 is 0 Å². The first-order valence-electron chi connectivity index (χ1n) is 5.68. The average molecular weight is 220 g/mol. The number of hydrogen-bond donors (Lipinski definition) is 2. The third kappa shape index (κ3) is 2.26. The van der Waals surface area contributed by atoms with Gasteiger partial charge in [-0.15, -0.1) is 0 Å². The quantitative estimate of drug-likeness (QED) is 0.711. The molecular formula is C11H17BN2O2. The van der Waals surface area contributed by atoms with E-state index in [-0.39, 0.29) is 0 Å². The Balaban J connectivity index is 2.07. The highest BCUT2D eigenvalue weighted by Gasteiger charge is 2.36. The predicted molar refractivity (Wildman–Crippen MR) is 62.8 cm³/mol. The summed E-state index contributed by atoms with van der Waals surface area (Å²) >= 11 is 0. The van der Waals surface area contributed by atoms with Gasteiger partial charge in [0.1, 0.15) is 5.60 Å². The molecule has 0 aromatic carbocycles. The topological polar surface area (TPSA) is 56.6 Å². The molecule has 1 aromatic rings. The molecule has 0 spiro atoms. The smallest absolute Gasteiger partial charge is 0.376 e. The maximum absolute atomic E-state index is 10.5. The van der Waals surface area contributed by atoms with Gasteiger partial charge in [-0.1, -0.05) is 6.07 Å². The fourth-order valence-electron chi connectivity index (χ4n) is 2.16. The summed E-state index contributed by atoms with van der Waals surface area (Å²) in [5.74, 6) is 0. The van der Waals surface area contributed by atoms with E-state index in [4.69, 9.17) is 0 Å². The Hall–Kier alpha value is -0.905. The zero-order chi connectivity index (χ0) is 11.6. The molecule has 0 radical (unpaired) electrons. The van der Waals surface area contributed by atoms with E-state index in [9.17, 15) is 10.1 Å². The molecule has 16 heavy (non-hydrogen) atoms. The van der Waals surface area contributed by atoms with Gasteiger partial charge in [-0.25, -0.2) is 0 Å². The van der Waals surface area contributed by atoms with Crippen molar-refractivity contribution in [3.05, 3.63) is 30.1 Å². The average Bonchev–Trinajstić information content (AvgIpc) is 2.31. The van der Waals surface area contributed by atoms with E-state index in [2.05, 4.69) is 4.98 Å². The van der Waals surface area contributed by atoms with Crippen LogP contribution in [-0.2, 0) is 5.60 Å². The van der Waals surface area contributed by atoms with Crippen molar-refractivity contribution >= 4 is 7.05 Å². The lowest BCUT2D eigenvalue weighted by Crippen LogP contribution is -2.48. The fourth-order valence-corrected chi connectivity index (χ4v) is 2.16. The van der Waals surface area contributed by atoms with Crippen molar-refractivity contribution in [3.63, 3.8) is 0 Å². The molecule has 0 unspecified atom stereocenters. The maximum atomic E-state index is 10.5. The largest absolute Gasteiger partial charge is 0.437 e. The van der Waals surface area contributed by atoms with Crippen LogP contribution in [0.1, 0.15) is 18.5 Å². The van der Waals surface area contributed by atoms with Gasteiger partial charge in [0.2, 0.25) is 0 Å². The Morgan fingerprint density at radius 1 is 1.38 bits per heavy atom. The van der Waals surface area contributed by atoms with Crippen molar-refractivity contribution < 1.29 is 10.1 Å². The molecule has 0 bridgehead atoms. The van der Waals surface area contributed by atoms with Crippen molar-refractivity contribution in [3.8, 4) is 0 Å². The maximum Gasteiger partial charge on any atom is 0.376 e. The predicted octanol–water partition coefficient (Wildman–Crippen LogP) is 0.475. The zero-order valence-electron chi connectivity index (χ0n) is 9.50. The molecule has 0 atom stereocenters. The number of pyridine rings is 1. The first-order valence-corrected chi connectivity index (χ1v) is 5.68.